The van der Waals surface area contributed by atoms with Crippen molar-refractivity contribution in [1.29, 1.82) is 0 Å². The van der Waals surface area contributed by atoms with E-state index in [2.05, 4.69) is 15.2 Å². The fourth-order valence-electron chi connectivity index (χ4n) is 1.10. The Morgan fingerprint density at radius 3 is 0.925 bits per heavy atom. The molecule has 0 aliphatic heterocycles. The van der Waals surface area contributed by atoms with E-state index >= 15 is 0 Å². The number of halogens is 12. The molecule has 40 heavy (non-hydrogen) atoms. The number of benzene rings is 1. The first-order valence-electron chi connectivity index (χ1n) is 8.53. The van der Waals surface area contributed by atoms with E-state index in [-0.39, 0.29) is 5.30 Å². The van der Waals surface area contributed by atoms with Crippen molar-refractivity contribution >= 4 is 208 Å². The molecule has 222 valence electrons. The van der Waals surface area contributed by atoms with Crippen molar-refractivity contribution in [3.05, 3.63) is 30.3 Å². The molecule has 0 aromatic heterocycles. The van der Waals surface area contributed by atoms with E-state index in [9.17, 15) is 33.5 Å². The zero-order valence-electron chi connectivity index (χ0n) is 18.0. The maximum absolute atomic E-state index is 10.8. The third kappa shape index (κ3) is 22.3. The number of hydrogen-bond acceptors (Lipinski definition) is 11. The Kier molecular flexibility index (Phi) is 21.2. The molecule has 0 unspecified atom stereocenters. The van der Waals surface area contributed by atoms with Gasteiger partial charge in [-0.25, -0.2) is 0 Å². The molecule has 0 bridgehead atoms. The minimum absolute atomic E-state index is 0.157. The molecule has 0 aliphatic rings. The fourth-order valence-corrected chi connectivity index (χ4v) is 4.22. The number of hydrogen-bond donors (Lipinski definition) is 0. The topological polar surface area (TPSA) is 168 Å². The summed E-state index contributed by atoms with van der Waals surface area (Å²) in [6.07, 6.45) is 0. The summed E-state index contributed by atoms with van der Waals surface area (Å²) in [5.41, 5.74) is 0. The van der Waals surface area contributed by atoms with Crippen LogP contribution < -0.4 is 15.1 Å². The van der Waals surface area contributed by atoms with Gasteiger partial charge in [0.2, 0.25) is 0 Å². The molecule has 0 N–H and O–H groups in total. The van der Waals surface area contributed by atoms with Gasteiger partial charge in [-0.15, -0.1) is 0 Å². The molecule has 0 radical (unpaired) electrons. The maximum Gasteiger partial charge on any atom is -0.0157 e. The second-order valence-electron chi connectivity index (χ2n) is 5.64. The Bertz CT molecular complexity index is 930. The van der Waals surface area contributed by atoms with Crippen LogP contribution in [-0.2, 0) is 38.9 Å². The van der Waals surface area contributed by atoms with E-state index in [0.717, 1.165) is 0 Å². The Balaban J connectivity index is 0. The summed E-state index contributed by atoms with van der Waals surface area (Å²) in [6.45, 7) is 0. The number of rotatable bonds is 5. The van der Waals surface area contributed by atoms with Crippen LogP contribution in [0.1, 0.15) is 0 Å². The summed E-state index contributed by atoms with van der Waals surface area (Å²) < 4.78 is 18.6. The van der Waals surface area contributed by atoms with Gasteiger partial charge in [0, 0.05) is 0 Å². The van der Waals surface area contributed by atoms with E-state index in [1.165, 1.54) is 24.3 Å². The smallest absolute Gasteiger partial charge is 0.0157 e. The van der Waals surface area contributed by atoms with Crippen molar-refractivity contribution in [3.63, 3.8) is 0 Å². The molecule has 1 rings (SSSR count). The third-order valence-electron chi connectivity index (χ3n) is 2.62. The van der Waals surface area contributed by atoms with Gasteiger partial charge in [-0.1, -0.05) is 30.3 Å². The molecule has 11 nitrogen and oxygen atoms in total. The third-order valence-corrected chi connectivity index (χ3v) is 6.64. The quantitative estimate of drug-likeness (QED) is 0.239. The molecular formula is C14H5Al2Cl12O11P. The van der Waals surface area contributed by atoms with Gasteiger partial charge in [0.05, 0.1) is 0 Å². The summed E-state index contributed by atoms with van der Waals surface area (Å²) >= 11 is 58.6. The van der Waals surface area contributed by atoms with Gasteiger partial charge >= 0.3 is 244 Å². The van der Waals surface area contributed by atoms with Crippen molar-refractivity contribution in [3.8, 4) is 0 Å². The first-order chi connectivity index (χ1) is 17.7. The van der Waals surface area contributed by atoms with Crippen molar-refractivity contribution < 1.29 is 48.7 Å². The van der Waals surface area contributed by atoms with Gasteiger partial charge in [-0.05, 0) is 12.9 Å². The van der Waals surface area contributed by atoms with E-state index < -0.39 is 78.4 Å². The van der Waals surface area contributed by atoms with Crippen molar-refractivity contribution in [1.82, 2.24) is 0 Å². The van der Waals surface area contributed by atoms with Gasteiger partial charge < -0.3 is 14.4 Å². The molecule has 0 saturated heterocycles. The van der Waals surface area contributed by atoms with Gasteiger partial charge in [-0.2, -0.15) is 0 Å². The second kappa shape index (κ2) is 19.3. The minimum Gasteiger partial charge on any atom is -0.807 e. The van der Waals surface area contributed by atoms with Crippen molar-refractivity contribution in [2.24, 2.45) is 0 Å². The van der Waals surface area contributed by atoms with Crippen LogP contribution in [0, 0.1) is 0 Å². The van der Waals surface area contributed by atoms with Crippen LogP contribution in [0.2, 0.25) is 0 Å². The van der Waals surface area contributed by atoms with E-state index in [1.807, 2.05) is 0 Å². The fraction of sp³-hybridized carbons (Fsp3) is 0.286. The van der Waals surface area contributed by atoms with Crippen LogP contribution in [0.15, 0.2) is 30.3 Å². The second-order valence-corrected chi connectivity index (χ2v) is 17.6. The molecule has 0 fully saturated rings. The standard InChI is InChI=1S/C6H7O3P.4C2HCl3O2.2Al/c7-10(8,9)6-4-2-1-3-5-6;4*3-2(4,5)1(6)7;;/h1-5H,(H2,7,8,9);4*(H,6,7);;/q;;;;;2*+3/p-6. The van der Waals surface area contributed by atoms with Crippen LogP contribution >= 0.6 is 147 Å². The van der Waals surface area contributed by atoms with Gasteiger partial charge in [-0.3, -0.25) is 0 Å². The Hall–Kier alpha value is 1.79. The van der Waals surface area contributed by atoms with Crippen LogP contribution in [-0.4, -0.2) is 70.8 Å². The molecule has 1 aromatic rings. The summed E-state index contributed by atoms with van der Waals surface area (Å²) in [4.78, 5) is 63.8. The maximum atomic E-state index is 10.8. The Morgan fingerprint density at radius 1 is 0.550 bits per heavy atom. The van der Waals surface area contributed by atoms with Gasteiger partial charge in [0.25, 0.3) is 0 Å². The molecule has 1 aromatic carbocycles. The van der Waals surface area contributed by atoms with Crippen LogP contribution in [0.25, 0.3) is 0 Å². The largest absolute Gasteiger partial charge is 0.807 e. The molecule has 0 spiro atoms. The predicted octanol–water partition coefficient (Wildman–Crippen LogP) is 3.92. The summed E-state index contributed by atoms with van der Waals surface area (Å²) in [7, 11) is -4.52. The Labute approximate surface area is 298 Å². The average molecular weight is 860 g/mol. The SMILES string of the molecule is O=C([O][Al+][O]C(=O)C(Cl)(Cl)Cl)C(Cl)(Cl)Cl.O=C([O][Al+][O]C(=O)C(Cl)(Cl)Cl)C(Cl)(Cl)Cl.O=P([O-])([O-])c1ccccc1. The number of alkyl halides is 12. The summed E-state index contributed by atoms with van der Waals surface area (Å²) in [5, 5.41) is -0.157. The van der Waals surface area contributed by atoms with Crippen LogP contribution in [0.5, 0.6) is 0 Å². The van der Waals surface area contributed by atoms with Crippen LogP contribution in [0.4, 0.5) is 0 Å². The first-order valence-corrected chi connectivity index (χ1v) is 16.5. The van der Waals surface area contributed by atoms with E-state index in [4.69, 9.17) is 139 Å². The molecule has 26 heteroatoms. The minimum atomic E-state index is -4.52. The molecule has 0 heterocycles. The zero-order chi connectivity index (χ0) is 32.2. The number of carbonyl (C=O) groups excluding carboxylic acids is 4. The molecule has 0 saturated carbocycles. The summed E-state index contributed by atoms with van der Waals surface area (Å²) in [5.74, 6) is -4.72. The number of carbonyl (C=O) groups is 4. The monoisotopic (exact) mass is 854 g/mol. The molecule has 0 aliphatic carbocycles. The molecule has 0 amide bonds. The zero-order valence-corrected chi connectivity index (χ0v) is 30.3. The normalized spacial score (nSPS) is 11.6. The van der Waals surface area contributed by atoms with E-state index in [1.54, 1.807) is 6.07 Å². The van der Waals surface area contributed by atoms with Gasteiger partial charge in [0.15, 0.2) is 0 Å². The Morgan fingerprint density at radius 2 is 0.775 bits per heavy atom. The van der Waals surface area contributed by atoms with E-state index in [0.29, 0.717) is 0 Å². The van der Waals surface area contributed by atoms with Gasteiger partial charge in [0.1, 0.15) is 0 Å². The predicted molar refractivity (Wildman–Crippen MR) is 151 cm³/mol. The summed E-state index contributed by atoms with van der Waals surface area (Å²) in [6, 6.07) is 7.23. The van der Waals surface area contributed by atoms with Crippen LogP contribution in [0.3, 0.4) is 0 Å². The van der Waals surface area contributed by atoms with Crippen molar-refractivity contribution in [2.75, 3.05) is 0 Å². The first kappa shape index (κ1) is 43.9. The molecular weight excluding hydrogens is 855 g/mol. The molecule has 0 atom stereocenters. The average Bonchev–Trinajstić information content (AvgIpc) is 2.77. The van der Waals surface area contributed by atoms with Crippen molar-refractivity contribution in [2.45, 2.75) is 15.2 Å².